The van der Waals surface area contributed by atoms with Crippen molar-refractivity contribution in [2.24, 2.45) is 0 Å². The number of nitrogens with two attached hydrogens (primary N) is 1. The van der Waals surface area contributed by atoms with Gasteiger partial charge in [0.2, 0.25) is 6.79 Å². The number of ether oxygens (including phenoxy) is 3. The van der Waals surface area contributed by atoms with Crippen LogP contribution in [0.3, 0.4) is 0 Å². The number of carbonyl (C=O) groups is 1. The first kappa shape index (κ1) is 35.1. The maximum absolute atomic E-state index is 13.7. The molecule has 3 heterocycles. The molecule has 1 atom stereocenters. The summed E-state index contributed by atoms with van der Waals surface area (Å²) in [5, 5.41) is 0. The normalized spacial score (nSPS) is 16.9. The Kier molecular flexibility index (Phi) is 11.7. The monoisotopic (exact) mass is 704 g/mol. The summed E-state index contributed by atoms with van der Waals surface area (Å²) < 4.78 is 17.8. The molecule has 2 saturated heterocycles. The molecule has 2 aliphatic heterocycles. The molecule has 1 amide bonds. The van der Waals surface area contributed by atoms with Crippen LogP contribution in [0.4, 0.5) is 11.4 Å². The number of rotatable bonds is 14. The lowest BCUT2D eigenvalue weighted by Crippen LogP contribution is -2.46. The molecule has 0 spiro atoms. The van der Waals surface area contributed by atoms with Crippen molar-refractivity contribution in [1.82, 2.24) is 19.8 Å². The third-order valence-electron chi connectivity index (χ3n) is 9.32. The minimum Gasteiger partial charge on any atom is -0.493 e. The number of piperazine rings is 1. The van der Waals surface area contributed by atoms with Crippen molar-refractivity contribution >= 4 is 51.8 Å². The van der Waals surface area contributed by atoms with E-state index in [0.717, 1.165) is 86.0 Å². The highest BCUT2D eigenvalue weighted by Crippen LogP contribution is 2.38. The van der Waals surface area contributed by atoms with Gasteiger partial charge in [0, 0.05) is 55.7 Å². The molecule has 49 heavy (non-hydrogen) atoms. The number of hydrogen-bond donors (Lipinski definition) is 2. The molecular formula is C37H48N6O4S2. The number of hydrogen-bond acceptors (Lipinski definition) is 10. The van der Waals surface area contributed by atoms with E-state index in [1.807, 2.05) is 52.7 Å². The number of nitrogens with one attached hydrogen (secondary N) is 1. The fraction of sp³-hybridized carbons (Fsp3) is 0.459. The highest BCUT2D eigenvalue weighted by molar-refractivity contribution is 8.17. The number of fused-ring (bicyclic) bond motifs is 1. The van der Waals surface area contributed by atoms with Gasteiger partial charge in [-0.05, 0) is 79.4 Å². The summed E-state index contributed by atoms with van der Waals surface area (Å²) in [7, 11) is 1.56. The van der Waals surface area contributed by atoms with E-state index >= 15 is 0 Å². The number of likely N-dealkylation sites (N-methyl/N-ethyl adjacent to an activating group) is 1. The van der Waals surface area contributed by atoms with Crippen molar-refractivity contribution in [1.29, 1.82) is 0 Å². The summed E-state index contributed by atoms with van der Waals surface area (Å²) in [6.45, 7) is 12.6. The van der Waals surface area contributed by atoms with Gasteiger partial charge in [-0.25, -0.2) is 4.98 Å². The van der Waals surface area contributed by atoms with Crippen LogP contribution in [0.5, 0.6) is 17.2 Å². The molecule has 3 N–H and O–H groups in total. The maximum Gasteiger partial charge on any atom is 0.256 e. The molecule has 2 fully saturated rings. The van der Waals surface area contributed by atoms with Gasteiger partial charge in [-0.1, -0.05) is 20.8 Å². The first-order valence-corrected chi connectivity index (χ1v) is 19.4. The van der Waals surface area contributed by atoms with E-state index in [-0.39, 0.29) is 18.7 Å². The lowest BCUT2D eigenvalue weighted by atomic mass is 10.1. The summed E-state index contributed by atoms with van der Waals surface area (Å²) in [5.74, 6) is 4.29. The van der Waals surface area contributed by atoms with Crippen LogP contribution >= 0.6 is 23.5 Å². The second-order valence-electron chi connectivity index (χ2n) is 12.2. The van der Waals surface area contributed by atoms with Gasteiger partial charge in [0.1, 0.15) is 11.6 Å². The quantitative estimate of drug-likeness (QED) is 0.107. The average Bonchev–Trinajstić information content (AvgIpc) is 3.79. The topological polar surface area (TPSA) is 109 Å². The highest BCUT2D eigenvalue weighted by Gasteiger charge is 2.36. The van der Waals surface area contributed by atoms with Gasteiger partial charge >= 0.3 is 0 Å². The smallest absolute Gasteiger partial charge is 0.256 e. The molecule has 2 aliphatic rings. The molecule has 1 aromatic heterocycles. The van der Waals surface area contributed by atoms with Crippen LogP contribution in [-0.2, 0) is 0 Å². The van der Waals surface area contributed by atoms with E-state index < -0.39 is 0 Å². The fourth-order valence-corrected chi connectivity index (χ4v) is 9.51. The number of aromatic amines is 1. The highest BCUT2D eigenvalue weighted by atomic mass is 32.2. The molecule has 0 radical (unpaired) electrons. The van der Waals surface area contributed by atoms with Gasteiger partial charge in [0.25, 0.3) is 5.91 Å². The Balaban J connectivity index is 1.07. The lowest BCUT2D eigenvalue weighted by molar-refractivity contribution is 0.0746. The predicted molar refractivity (Wildman–Crippen MR) is 203 cm³/mol. The van der Waals surface area contributed by atoms with E-state index in [4.69, 9.17) is 24.9 Å². The second kappa shape index (κ2) is 16.3. The van der Waals surface area contributed by atoms with Gasteiger partial charge in [0.15, 0.2) is 11.5 Å². The first-order chi connectivity index (χ1) is 23.9. The first-order valence-electron chi connectivity index (χ1n) is 17.3. The standard InChI is InChI=1S/C37H48N6O4S2/c1-5-41-17-19-42(20-18-41)26-12-15-30-31(21-26)40-35(39-30)25-10-13-27(14-11-25)46-24-47-34-23-29(38)28(22-33(34)45-4)36(44)43-16-8-9-32(43)37(48-6-2)49-7-3/h10-15,21-23,32,37H,5-9,16-20,24,38H2,1-4H3,(H,39,40)/t32-/m0/s1. The van der Waals surface area contributed by atoms with Gasteiger partial charge < -0.3 is 39.6 Å². The number of likely N-dealkylation sites (tertiary alicyclic amines) is 1. The molecule has 4 aromatic rings. The van der Waals surface area contributed by atoms with Gasteiger partial charge in [0.05, 0.1) is 34.3 Å². The van der Waals surface area contributed by atoms with E-state index in [1.165, 1.54) is 5.69 Å². The summed E-state index contributed by atoms with van der Waals surface area (Å²) in [5.41, 5.74) is 11.4. The summed E-state index contributed by atoms with van der Waals surface area (Å²) in [4.78, 5) is 29.0. The van der Waals surface area contributed by atoms with Crippen molar-refractivity contribution in [2.75, 3.05) is 75.3 Å². The van der Waals surface area contributed by atoms with Gasteiger partial charge in [-0.2, -0.15) is 0 Å². The molecule has 0 bridgehead atoms. The molecule has 10 nitrogen and oxygen atoms in total. The summed E-state index contributed by atoms with van der Waals surface area (Å²) >= 11 is 3.83. The SMILES string of the molecule is CCSC(SCC)[C@@H]1CCCN1C(=O)c1cc(OC)c(OCOc2ccc(-c3nc4ccc(N5CCN(CC)CC5)cc4[nH]3)cc2)cc1N. The molecule has 0 aliphatic carbocycles. The Morgan fingerprint density at radius 3 is 2.41 bits per heavy atom. The zero-order valence-electron chi connectivity index (χ0n) is 28.9. The number of H-pyrrole nitrogens is 1. The van der Waals surface area contributed by atoms with Gasteiger partial charge in [-0.15, -0.1) is 23.5 Å². The molecular weight excluding hydrogens is 657 g/mol. The van der Waals surface area contributed by atoms with Crippen molar-refractivity contribution in [3.63, 3.8) is 0 Å². The minimum atomic E-state index is -0.0602. The third kappa shape index (κ3) is 8.02. The lowest BCUT2D eigenvalue weighted by Gasteiger charge is -2.35. The number of thioether (sulfide) groups is 2. The zero-order valence-corrected chi connectivity index (χ0v) is 30.6. The molecule has 3 aromatic carbocycles. The van der Waals surface area contributed by atoms with Crippen LogP contribution in [0.25, 0.3) is 22.4 Å². The number of carbonyl (C=O) groups excluding carboxylic acids is 1. The molecule has 6 rings (SSSR count). The van der Waals surface area contributed by atoms with Crippen LogP contribution in [0.1, 0.15) is 44.0 Å². The maximum atomic E-state index is 13.7. The molecule has 0 saturated carbocycles. The van der Waals surface area contributed by atoms with Crippen molar-refractivity contribution in [3.8, 4) is 28.6 Å². The number of amides is 1. The Hall–Kier alpha value is -3.74. The Morgan fingerprint density at radius 1 is 0.959 bits per heavy atom. The largest absolute Gasteiger partial charge is 0.493 e. The van der Waals surface area contributed by atoms with E-state index in [0.29, 0.717) is 33.1 Å². The number of aromatic nitrogens is 2. The van der Waals surface area contributed by atoms with Crippen LogP contribution < -0.4 is 24.8 Å². The van der Waals surface area contributed by atoms with Crippen molar-refractivity contribution < 1.29 is 19.0 Å². The average molecular weight is 705 g/mol. The Morgan fingerprint density at radius 2 is 1.71 bits per heavy atom. The van der Waals surface area contributed by atoms with Crippen molar-refractivity contribution in [3.05, 3.63) is 60.2 Å². The Labute approximate surface area is 298 Å². The van der Waals surface area contributed by atoms with Gasteiger partial charge in [-0.3, -0.25) is 4.79 Å². The third-order valence-corrected chi connectivity index (χ3v) is 12.1. The van der Waals surface area contributed by atoms with E-state index in [9.17, 15) is 4.79 Å². The van der Waals surface area contributed by atoms with Crippen LogP contribution in [0, 0.1) is 0 Å². The number of methoxy groups -OCH3 is 1. The van der Waals surface area contributed by atoms with Crippen LogP contribution in [0.15, 0.2) is 54.6 Å². The number of anilines is 2. The van der Waals surface area contributed by atoms with E-state index in [2.05, 4.69) is 53.8 Å². The second-order valence-corrected chi connectivity index (χ2v) is 15.4. The minimum absolute atomic E-state index is 0.0548. The zero-order chi connectivity index (χ0) is 34.3. The molecule has 262 valence electrons. The number of nitrogens with zero attached hydrogens (tertiary/aromatic N) is 4. The molecule has 12 heteroatoms. The summed E-state index contributed by atoms with van der Waals surface area (Å²) in [6, 6.07) is 17.7. The van der Waals surface area contributed by atoms with E-state index in [1.54, 1.807) is 19.2 Å². The number of imidazole rings is 1. The Bertz CT molecular complexity index is 1700. The molecule has 0 unspecified atom stereocenters. The fourth-order valence-electron chi connectivity index (χ4n) is 6.64. The van der Waals surface area contributed by atoms with Crippen LogP contribution in [0.2, 0.25) is 0 Å². The number of nitrogen functional groups attached to an aromatic ring is 1. The van der Waals surface area contributed by atoms with Crippen LogP contribution in [-0.4, -0.2) is 101 Å². The van der Waals surface area contributed by atoms with Crippen molar-refractivity contribution in [2.45, 2.75) is 44.2 Å². The number of benzene rings is 3. The predicted octanol–water partition coefficient (Wildman–Crippen LogP) is 6.81. The summed E-state index contributed by atoms with van der Waals surface area (Å²) in [6.07, 6.45) is 2.00.